The van der Waals surface area contributed by atoms with Gasteiger partial charge in [-0.05, 0) is 12.8 Å². The molecule has 3 nitrogen and oxygen atoms in total. The summed E-state index contributed by atoms with van der Waals surface area (Å²) in [4.78, 5) is 4.30. The summed E-state index contributed by atoms with van der Waals surface area (Å²) in [5, 5.41) is 3.58. The molecule has 1 fully saturated rings. The van der Waals surface area contributed by atoms with Crippen LogP contribution in [0, 0.1) is 0 Å². The van der Waals surface area contributed by atoms with Gasteiger partial charge in [-0.3, -0.25) is 0 Å². The Bertz CT molecular complexity index is 274. The van der Waals surface area contributed by atoms with E-state index < -0.39 is 0 Å². The number of hydrogen-bond donors (Lipinski definition) is 1. The zero-order valence-corrected chi connectivity index (χ0v) is 8.87. The number of nitrogens with zero attached hydrogens (tertiary/aromatic N) is 2. The molecule has 78 valence electrons. The largest absolute Gasteiger partial charge is 0.340 e. The summed E-state index contributed by atoms with van der Waals surface area (Å²) >= 11 is 0. The van der Waals surface area contributed by atoms with Gasteiger partial charge in [0.05, 0.1) is 12.0 Å². The fourth-order valence-corrected chi connectivity index (χ4v) is 2.11. The average molecular weight is 193 g/mol. The maximum atomic E-state index is 4.30. The predicted molar refractivity (Wildman–Crippen MR) is 56.9 cm³/mol. The van der Waals surface area contributed by atoms with Crippen molar-refractivity contribution in [2.75, 3.05) is 0 Å². The van der Waals surface area contributed by atoms with E-state index in [1.54, 1.807) is 0 Å². The molecule has 0 saturated heterocycles. The summed E-state index contributed by atoms with van der Waals surface area (Å²) in [6.45, 7) is 0.922. The molecule has 1 saturated carbocycles. The van der Waals surface area contributed by atoms with Crippen molar-refractivity contribution in [2.45, 2.75) is 44.7 Å². The maximum Gasteiger partial charge on any atom is 0.0947 e. The second-order valence-corrected chi connectivity index (χ2v) is 4.25. The molecule has 1 aliphatic rings. The highest BCUT2D eigenvalue weighted by molar-refractivity contribution is 4.95. The highest BCUT2D eigenvalue weighted by atomic mass is 15.0. The first-order valence-corrected chi connectivity index (χ1v) is 5.55. The van der Waals surface area contributed by atoms with Crippen LogP contribution in [-0.2, 0) is 13.6 Å². The minimum absolute atomic E-state index is 0.728. The molecule has 14 heavy (non-hydrogen) atoms. The van der Waals surface area contributed by atoms with Gasteiger partial charge in [-0.25, -0.2) is 4.98 Å². The Morgan fingerprint density at radius 2 is 2.21 bits per heavy atom. The van der Waals surface area contributed by atoms with Gasteiger partial charge in [-0.1, -0.05) is 19.3 Å². The summed E-state index contributed by atoms with van der Waals surface area (Å²) in [6, 6.07) is 0.728. The molecule has 2 rings (SSSR count). The van der Waals surface area contributed by atoms with E-state index in [4.69, 9.17) is 0 Å². The van der Waals surface area contributed by atoms with Gasteiger partial charge in [0.15, 0.2) is 0 Å². The van der Waals surface area contributed by atoms with E-state index in [0.29, 0.717) is 0 Å². The molecule has 0 spiro atoms. The van der Waals surface area contributed by atoms with Crippen molar-refractivity contribution in [2.24, 2.45) is 7.05 Å². The van der Waals surface area contributed by atoms with Crippen LogP contribution in [-0.4, -0.2) is 15.6 Å². The third-order valence-electron chi connectivity index (χ3n) is 2.94. The Morgan fingerprint density at radius 1 is 1.43 bits per heavy atom. The van der Waals surface area contributed by atoms with Crippen molar-refractivity contribution in [1.29, 1.82) is 0 Å². The van der Waals surface area contributed by atoms with Gasteiger partial charge in [0.25, 0.3) is 0 Å². The second-order valence-electron chi connectivity index (χ2n) is 4.25. The van der Waals surface area contributed by atoms with Crippen molar-refractivity contribution in [3.05, 3.63) is 18.2 Å². The van der Waals surface area contributed by atoms with Gasteiger partial charge >= 0.3 is 0 Å². The number of aromatic nitrogens is 2. The van der Waals surface area contributed by atoms with Crippen LogP contribution in [0.15, 0.2) is 12.5 Å². The number of hydrogen-bond acceptors (Lipinski definition) is 2. The first-order chi connectivity index (χ1) is 6.84. The fraction of sp³-hybridized carbons (Fsp3) is 0.727. The normalized spacial score (nSPS) is 18.6. The van der Waals surface area contributed by atoms with E-state index in [1.165, 1.54) is 32.1 Å². The maximum absolute atomic E-state index is 4.30. The molecule has 1 N–H and O–H groups in total. The zero-order valence-electron chi connectivity index (χ0n) is 8.87. The monoisotopic (exact) mass is 193 g/mol. The smallest absolute Gasteiger partial charge is 0.0947 e. The van der Waals surface area contributed by atoms with Crippen LogP contribution < -0.4 is 5.32 Å². The van der Waals surface area contributed by atoms with Crippen LogP contribution in [0.1, 0.15) is 37.8 Å². The van der Waals surface area contributed by atoms with Crippen molar-refractivity contribution in [3.8, 4) is 0 Å². The summed E-state index contributed by atoms with van der Waals surface area (Å²) in [7, 11) is 2.01. The van der Waals surface area contributed by atoms with E-state index >= 15 is 0 Å². The molecule has 3 heteroatoms. The Labute approximate surface area is 85.5 Å². The SMILES string of the molecule is Cn1cnc(CNC2CCCCC2)c1. The summed E-state index contributed by atoms with van der Waals surface area (Å²) in [5.74, 6) is 0. The molecule has 1 heterocycles. The second kappa shape index (κ2) is 4.60. The molecule has 0 atom stereocenters. The van der Waals surface area contributed by atoms with Crippen molar-refractivity contribution in [3.63, 3.8) is 0 Å². The van der Waals surface area contributed by atoms with Crippen LogP contribution >= 0.6 is 0 Å². The molecular weight excluding hydrogens is 174 g/mol. The van der Waals surface area contributed by atoms with Crippen LogP contribution in [0.5, 0.6) is 0 Å². The average Bonchev–Trinajstić information content (AvgIpc) is 2.63. The first-order valence-electron chi connectivity index (χ1n) is 5.55. The molecule has 0 unspecified atom stereocenters. The molecule has 1 aromatic heterocycles. The lowest BCUT2D eigenvalue weighted by Gasteiger charge is -2.22. The lowest BCUT2D eigenvalue weighted by molar-refractivity contribution is 0.371. The number of aryl methyl sites for hydroxylation is 1. The van der Waals surface area contributed by atoms with Crippen LogP contribution in [0.3, 0.4) is 0 Å². The molecule has 1 aliphatic carbocycles. The van der Waals surface area contributed by atoms with Crippen molar-refractivity contribution in [1.82, 2.24) is 14.9 Å². The predicted octanol–water partition coefficient (Wildman–Crippen LogP) is 1.84. The third kappa shape index (κ3) is 2.58. The molecule has 0 aliphatic heterocycles. The lowest BCUT2D eigenvalue weighted by Crippen LogP contribution is -2.30. The van der Waals surface area contributed by atoms with Gasteiger partial charge in [0, 0.05) is 25.8 Å². The molecule has 0 bridgehead atoms. The quantitative estimate of drug-likeness (QED) is 0.794. The Morgan fingerprint density at radius 3 is 2.86 bits per heavy atom. The van der Waals surface area contributed by atoms with Crippen LogP contribution in [0.4, 0.5) is 0 Å². The Kier molecular flexibility index (Phi) is 3.19. The van der Waals surface area contributed by atoms with Gasteiger partial charge in [-0.15, -0.1) is 0 Å². The topological polar surface area (TPSA) is 29.9 Å². The Hall–Kier alpha value is -0.830. The standard InChI is InChI=1S/C11H19N3/c1-14-8-11(13-9-14)7-12-10-5-3-2-4-6-10/h8-10,12H,2-7H2,1H3. The van der Waals surface area contributed by atoms with Crippen molar-refractivity contribution >= 4 is 0 Å². The zero-order chi connectivity index (χ0) is 9.80. The molecule has 0 radical (unpaired) electrons. The molecule has 1 aromatic rings. The number of imidazole rings is 1. The number of nitrogens with one attached hydrogen (secondary N) is 1. The summed E-state index contributed by atoms with van der Waals surface area (Å²) in [6.07, 6.45) is 10.8. The molecule has 0 amide bonds. The first kappa shape index (κ1) is 9.71. The fourth-order valence-electron chi connectivity index (χ4n) is 2.11. The van der Waals surface area contributed by atoms with E-state index in [2.05, 4.69) is 16.5 Å². The van der Waals surface area contributed by atoms with Gasteiger partial charge in [0.2, 0.25) is 0 Å². The van der Waals surface area contributed by atoms with Crippen molar-refractivity contribution < 1.29 is 0 Å². The van der Waals surface area contributed by atoms with E-state index in [-0.39, 0.29) is 0 Å². The minimum atomic E-state index is 0.728. The van der Waals surface area contributed by atoms with E-state index in [1.807, 2.05) is 17.9 Å². The van der Waals surface area contributed by atoms with Gasteiger partial charge in [0.1, 0.15) is 0 Å². The summed E-state index contributed by atoms with van der Waals surface area (Å²) in [5.41, 5.74) is 1.15. The van der Waals surface area contributed by atoms with Crippen LogP contribution in [0.2, 0.25) is 0 Å². The molecular formula is C11H19N3. The summed E-state index contributed by atoms with van der Waals surface area (Å²) < 4.78 is 2.00. The molecule has 0 aromatic carbocycles. The Balaban J connectivity index is 1.76. The van der Waals surface area contributed by atoms with E-state index in [0.717, 1.165) is 18.3 Å². The van der Waals surface area contributed by atoms with Gasteiger partial charge < -0.3 is 9.88 Å². The van der Waals surface area contributed by atoms with Crippen LogP contribution in [0.25, 0.3) is 0 Å². The lowest BCUT2D eigenvalue weighted by atomic mass is 9.95. The highest BCUT2D eigenvalue weighted by Gasteiger charge is 2.12. The van der Waals surface area contributed by atoms with Gasteiger partial charge in [-0.2, -0.15) is 0 Å². The highest BCUT2D eigenvalue weighted by Crippen LogP contribution is 2.17. The number of rotatable bonds is 3. The minimum Gasteiger partial charge on any atom is -0.340 e. The van der Waals surface area contributed by atoms with E-state index in [9.17, 15) is 0 Å². The third-order valence-corrected chi connectivity index (χ3v) is 2.94.